The van der Waals surface area contributed by atoms with E-state index in [1.54, 1.807) is 18.3 Å². The van der Waals surface area contributed by atoms with Crippen molar-refractivity contribution in [3.05, 3.63) is 71.2 Å². The number of rotatable bonds is 4. The Kier molecular flexibility index (Phi) is 5.08. The van der Waals surface area contributed by atoms with Crippen molar-refractivity contribution < 1.29 is 19.4 Å². The highest BCUT2D eigenvalue weighted by Gasteiger charge is 2.33. The summed E-state index contributed by atoms with van der Waals surface area (Å²) in [6.07, 6.45) is 1.58. The van der Waals surface area contributed by atoms with Crippen molar-refractivity contribution in [1.29, 1.82) is 0 Å². The van der Waals surface area contributed by atoms with Crippen molar-refractivity contribution in [1.82, 2.24) is 4.98 Å². The molecule has 5 rings (SSSR count). The van der Waals surface area contributed by atoms with Gasteiger partial charge in [0.25, 0.3) is 0 Å². The summed E-state index contributed by atoms with van der Waals surface area (Å²) < 4.78 is 5.88. The van der Waals surface area contributed by atoms with Crippen molar-refractivity contribution in [3.8, 4) is 11.5 Å². The molecule has 0 unspecified atom stereocenters. The lowest BCUT2D eigenvalue weighted by atomic mass is 10.1. The molecule has 31 heavy (non-hydrogen) atoms. The number of carbonyl (C=O) groups excluding carboxylic acids is 1. The molecule has 156 valence electrons. The van der Waals surface area contributed by atoms with Crippen LogP contribution in [0.15, 0.2) is 60.8 Å². The third-order valence-electron chi connectivity index (χ3n) is 4.83. The summed E-state index contributed by atoms with van der Waals surface area (Å²) in [4.78, 5) is 31.0. The lowest BCUT2D eigenvalue weighted by Gasteiger charge is -2.29. The van der Waals surface area contributed by atoms with E-state index in [-0.39, 0.29) is 12.3 Å². The van der Waals surface area contributed by atoms with Crippen LogP contribution in [-0.2, 0) is 0 Å². The number of aromatic nitrogens is 1. The SMILES string of the molecule is C.Cc1cc(Oc2ccccc2)ccc1N1C(=O)Nc2c(C(=O)O)sc3nccc1c23. The van der Waals surface area contributed by atoms with Crippen LogP contribution in [0.25, 0.3) is 10.2 Å². The summed E-state index contributed by atoms with van der Waals surface area (Å²) in [6.45, 7) is 1.89. The first-order valence-electron chi connectivity index (χ1n) is 9.12. The van der Waals surface area contributed by atoms with E-state index in [1.807, 2.05) is 49.4 Å². The summed E-state index contributed by atoms with van der Waals surface area (Å²) >= 11 is 1.05. The number of carboxylic acids is 1. The fourth-order valence-electron chi connectivity index (χ4n) is 3.54. The summed E-state index contributed by atoms with van der Waals surface area (Å²) in [5, 5.41) is 12.8. The zero-order valence-electron chi connectivity index (χ0n) is 15.7. The maximum Gasteiger partial charge on any atom is 0.348 e. The molecule has 3 heterocycles. The van der Waals surface area contributed by atoms with Crippen LogP contribution < -0.4 is 15.0 Å². The lowest BCUT2D eigenvalue weighted by Crippen LogP contribution is -2.34. The maximum absolute atomic E-state index is 13.0. The number of pyridine rings is 1. The first kappa shape index (κ1) is 20.4. The molecule has 0 saturated carbocycles. The highest BCUT2D eigenvalue weighted by atomic mass is 32.1. The van der Waals surface area contributed by atoms with Gasteiger partial charge in [-0.2, -0.15) is 0 Å². The molecular formula is C23H19N3O4S. The topological polar surface area (TPSA) is 91.8 Å². The van der Waals surface area contributed by atoms with Gasteiger partial charge in [-0.25, -0.2) is 14.6 Å². The van der Waals surface area contributed by atoms with E-state index in [1.165, 1.54) is 4.90 Å². The predicted molar refractivity (Wildman–Crippen MR) is 122 cm³/mol. The van der Waals surface area contributed by atoms with Crippen LogP contribution in [0, 0.1) is 6.92 Å². The molecule has 4 aromatic rings. The highest BCUT2D eigenvalue weighted by molar-refractivity contribution is 7.21. The third kappa shape index (κ3) is 3.36. The zero-order chi connectivity index (χ0) is 20.8. The Morgan fingerprint density at radius 1 is 1.10 bits per heavy atom. The van der Waals surface area contributed by atoms with Gasteiger partial charge in [0.05, 0.1) is 22.4 Å². The molecule has 8 heteroatoms. The average Bonchev–Trinajstić information content (AvgIpc) is 3.10. The summed E-state index contributed by atoms with van der Waals surface area (Å²) in [5.74, 6) is 0.288. The second kappa shape index (κ2) is 7.73. The molecule has 0 fully saturated rings. The number of para-hydroxylation sites is 1. The minimum atomic E-state index is -1.09. The van der Waals surface area contributed by atoms with E-state index in [9.17, 15) is 14.7 Å². The van der Waals surface area contributed by atoms with Crippen molar-refractivity contribution in [2.24, 2.45) is 0 Å². The van der Waals surface area contributed by atoms with E-state index < -0.39 is 12.0 Å². The van der Waals surface area contributed by atoms with E-state index in [0.29, 0.717) is 33.0 Å². The van der Waals surface area contributed by atoms with Crippen molar-refractivity contribution in [3.63, 3.8) is 0 Å². The number of ether oxygens (including phenoxy) is 1. The van der Waals surface area contributed by atoms with Crippen LogP contribution >= 0.6 is 11.3 Å². The summed E-state index contributed by atoms with van der Waals surface area (Å²) in [7, 11) is 0. The molecule has 2 amide bonds. The number of hydrogen-bond donors (Lipinski definition) is 2. The smallest absolute Gasteiger partial charge is 0.348 e. The molecule has 0 aliphatic carbocycles. The van der Waals surface area contributed by atoms with Crippen LogP contribution in [0.4, 0.5) is 21.9 Å². The van der Waals surface area contributed by atoms with Crippen LogP contribution in [0.2, 0.25) is 0 Å². The fourth-order valence-corrected chi connectivity index (χ4v) is 4.50. The highest BCUT2D eigenvalue weighted by Crippen LogP contribution is 2.46. The number of thiophene rings is 1. The Hall–Kier alpha value is -3.91. The van der Waals surface area contributed by atoms with Crippen molar-refractivity contribution in [2.45, 2.75) is 14.4 Å². The van der Waals surface area contributed by atoms with Gasteiger partial charge in [-0.15, -0.1) is 11.3 Å². The number of hydrogen-bond acceptors (Lipinski definition) is 5. The molecule has 7 nitrogen and oxygen atoms in total. The third-order valence-corrected chi connectivity index (χ3v) is 5.91. The molecule has 0 bridgehead atoms. The lowest BCUT2D eigenvalue weighted by molar-refractivity contribution is 0.0703. The van der Waals surface area contributed by atoms with E-state index in [0.717, 1.165) is 22.6 Å². The first-order valence-corrected chi connectivity index (χ1v) is 9.94. The van der Waals surface area contributed by atoms with Gasteiger partial charge in [0.15, 0.2) is 0 Å². The number of nitrogens with zero attached hydrogens (tertiary/aromatic N) is 2. The molecule has 1 aliphatic heterocycles. The Morgan fingerprint density at radius 2 is 1.87 bits per heavy atom. The van der Waals surface area contributed by atoms with Gasteiger partial charge in [-0.05, 0) is 48.9 Å². The second-order valence-corrected chi connectivity index (χ2v) is 7.75. The molecule has 1 aliphatic rings. The number of nitrogens with one attached hydrogen (secondary N) is 1. The largest absolute Gasteiger partial charge is 0.477 e. The number of anilines is 3. The number of carboxylic acid groups (broad SMARTS) is 1. The number of urea groups is 1. The van der Waals surface area contributed by atoms with Crippen molar-refractivity contribution in [2.75, 3.05) is 10.2 Å². The second-order valence-electron chi connectivity index (χ2n) is 6.75. The standard InChI is InChI=1S/C22H15N3O4S.CH4/c1-12-11-14(29-13-5-3-2-4-6-13)7-8-15(12)25-16-9-10-23-20-17(16)18(24-22(25)28)19(30-20)21(26)27;/h2-11H,1H3,(H,24,28)(H,26,27);1H4. The maximum atomic E-state index is 13.0. The molecule has 0 radical (unpaired) electrons. The van der Waals surface area contributed by atoms with Crippen LogP contribution in [0.5, 0.6) is 11.5 Å². The fraction of sp³-hybridized carbons (Fsp3) is 0.0870. The number of benzene rings is 2. The number of carbonyl (C=O) groups is 2. The van der Waals surface area contributed by atoms with E-state index in [4.69, 9.17) is 4.74 Å². The normalized spacial score (nSPS) is 12.3. The molecule has 0 spiro atoms. The van der Waals surface area contributed by atoms with Gasteiger partial charge in [0.1, 0.15) is 21.2 Å². The number of amides is 2. The van der Waals surface area contributed by atoms with Gasteiger partial charge in [-0.1, -0.05) is 25.6 Å². The number of aryl methyl sites for hydroxylation is 1. The first-order chi connectivity index (χ1) is 14.5. The zero-order valence-corrected chi connectivity index (χ0v) is 16.6. The molecule has 0 saturated heterocycles. The quantitative estimate of drug-likeness (QED) is 0.388. The molecule has 0 atom stereocenters. The van der Waals surface area contributed by atoms with Crippen LogP contribution in [-0.4, -0.2) is 22.1 Å². The van der Waals surface area contributed by atoms with Crippen LogP contribution in [0.3, 0.4) is 0 Å². The monoisotopic (exact) mass is 433 g/mol. The van der Waals surface area contributed by atoms with E-state index in [2.05, 4.69) is 10.3 Å². The van der Waals surface area contributed by atoms with E-state index >= 15 is 0 Å². The Labute approximate surface area is 182 Å². The summed E-state index contributed by atoms with van der Waals surface area (Å²) in [5.41, 5.74) is 2.41. The van der Waals surface area contributed by atoms with Gasteiger partial charge in [0, 0.05) is 6.20 Å². The van der Waals surface area contributed by atoms with Gasteiger partial charge in [0.2, 0.25) is 0 Å². The van der Waals surface area contributed by atoms with Gasteiger partial charge < -0.3 is 15.2 Å². The Bertz CT molecular complexity index is 1320. The van der Waals surface area contributed by atoms with Crippen LogP contribution in [0.1, 0.15) is 22.7 Å². The Morgan fingerprint density at radius 3 is 2.58 bits per heavy atom. The number of aromatic carboxylic acids is 1. The minimum absolute atomic E-state index is 0. The molecule has 2 aromatic carbocycles. The Balaban J connectivity index is 0.00000231. The predicted octanol–water partition coefficient (Wildman–Crippen LogP) is 6.41. The summed E-state index contributed by atoms with van der Waals surface area (Å²) in [6, 6.07) is 16.2. The molecule has 2 aromatic heterocycles. The molecule has 2 N–H and O–H groups in total. The molecular weight excluding hydrogens is 414 g/mol. The average molecular weight is 433 g/mol. The van der Waals surface area contributed by atoms with Gasteiger partial charge >= 0.3 is 12.0 Å². The van der Waals surface area contributed by atoms with Crippen molar-refractivity contribution >= 4 is 50.6 Å². The minimum Gasteiger partial charge on any atom is -0.477 e. The van der Waals surface area contributed by atoms with Gasteiger partial charge in [-0.3, -0.25) is 4.90 Å².